The fourth-order valence-corrected chi connectivity index (χ4v) is 4.57. The summed E-state index contributed by atoms with van der Waals surface area (Å²) in [5.41, 5.74) is 6.77. The van der Waals surface area contributed by atoms with Crippen molar-refractivity contribution in [3.05, 3.63) is 70.3 Å². The van der Waals surface area contributed by atoms with Gasteiger partial charge in [0.2, 0.25) is 5.91 Å². The lowest BCUT2D eigenvalue weighted by atomic mass is 9.95. The summed E-state index contributed by atoms with van der Waals surface area (Å²) in [5.74, 6) is 0.101. The number of piperazine rings is 1. The van der Waals surface area contributed by atoms with Crippen LogP contribution in [0.1, 0.15) is 47.2 Å². The molecule has 1 unspecified atom stereocenters. The minimum absolute atomic E-state index is 0.00612. The second kappa shape index (κ2) is 9.25. The number of carbonyl (C=O) groups excluding carboxylic acids is 2. The molecule has 2 aliphatic rings. The molecule has 2 amide bonds. The van der Waals surface area contributed by atoms with Crippen molar-refractivity contribution in [2.75, 3.05) is 32.7 Å². The van der Waals surface area contributed by atoms with Gasteiger partial charge >= 0.3 is 0 Å². The van der Waals surface area contributed by atoms with E-state index in [9.17, 15) is 9.59 Å². The minimum atomic E-state index is -0.0997. The van der Waals surface area contributed by atoms with E-state index in [2.05, 4.69) is 68.1 Å². The summed E-state index contributed by atoms with van der Waals surface area (Å²) >= 11 is 0. The summed E-state index contributed by atoms with van der Waals surface area (Å²) in [7, 11) is 0. The molecule has 2 heterocycles. The van der Waals surface area contributed by atoms with Gasteiger partial charge in [0.15, 0.2) is 0 Å². The molecule has 4 rings (SSSR count). The van der Waals surface area contributed by atoms with Gasteiger partial charge in [-0.05, 0) is 31.9 Å². The zero-order chi connectivity index (χ0) is 22.8. The van der Waals surface area contributed by atoms with Gasteiger partial charge in [-0.3, -0.25) is 14.5 Å². The summed E-state index contributed by atoms with van der Waals surface area (Å²) < 4.78 is 0. The number of amides is 2. The average Bonchev–Trinajstić information content (AvgIpc) is 3.20. The van der Waals surface area contributed by atoms with Crippen molar-refractivity contribution in [3.8, 4) is 0 Å². The molecule has 0 spiro atoms. The van der Waals surface area contributed by atoms with Gasteiger partial charge in [0.05, 0.1) is 18.3 Å². The number of hydrogen-bond donors (Lipinski definition) is 0. The maximum absolute atomic E-state index is 13.4. The summed E-state index contributed by atoms with van der Waals surface area (Å²) in [6, 6.07) is 14.7. The van der Waals surface area contributed by atoms with Crippen LogP contribution in [0.25, 0.3) is 0 Å². The van der Waals surface area contributed by atoms with E-state index in [4.69, 9.17) is 5.10 Å². The van der Waals surface area contributed by atoms with Crippen LogP contribution in [-0.2, 0) is 9.59 Å². The van der Waals surface area contributed by atoms with Gasteiger partial charge < -0.3 is 4.90 Å². The Hall–Kier alpha value is -2.99. The Labute approximate surface area is 190 Å². The normalized spacial score (nSPS) is 19.2. The van der Waals surface area contributed by atoms with Gasteiger partial charge in [-0.25, -0.2) is 5.01 Å². The van der Waals surface area contributed by atoms with E-state index in [1.165, 1.54) is 16.7 Å². The van der Waals surface area contributed by atoms with Crippen LogP contribution in [0.3, 0.4) is 0 Å². The molecule has 0 N–H and O–H groups in total. The molecule has 0 aromatic heterocycles. The van der Waals surface area contributed by atoms with E-state index in [1.54, 1.807) is 11.9 Å². The van der Waals surface area contributed by atoms with Crippen LogP contribution in [0.5, 0.6) is 0 Å². The highest BCUT2D eigenvalue weighted by Crippen LogP contribution is 2.34. The SMILES string of the molecule is CC(=O)N1CCN(CC(=O)N2N=C(c3ccc(C)cc3C)CC2c2ccc(C)cc2)CC1. The fraction of sp³-hybridized carbons (Fsp3) is 0.423. The molecule has 2 aliphatic heterocycles. The van der Waals surface area contributed by atoms with Gasteiger partial charge in [0.25, 0.3) is 5.91 Å². The van der Waals surface area contributed by atoms with Crippen LogP contribution in [0.2, 0.25) is 0 Å². The Morgan fingerprint density at radius 3 is 2.22 bits per heavy atom. The predicted octanol–water partition coefficient (Wildman–Crippen LogP) is 3.45. The third kappa shape index (κ3) is 4.75. The molecule has 1 saturated heterocycles. The van der Waals surface area contributed by atoms with Crippen molar-refractivity contribution >= 4 is 17.5 Å². The topological polar surface area (TPSA) is 56.2 Å². The monoisotopic (exact) mass is 432 g/mol. The fourth-order valence-electron chi connectivity index (χ4n) is 4.57. The van der Waals surface area contributed by atoms with E-state index in [0.717, 1.165) is 16.8 Å². The van der Waals surface area contributed by atoms with Crippen LogP contribution in [0.15, 0.2) is 47.6 Å². The van der Waals surface area contributed by atoms with E-state index >= 15 is 0 Å². The van der Waals surface area contributed by atoms with Crippen molar-refractivity contribution in [2.45, 2.75) is 40.2 Å². The number of hydrazone groups is 1. The lowest BCUT2D eigenvalue weighted by Crippen LogP contribution is -2.50. The highest BCUT2D eigenvalue weighted by molar-refractivity contribution is 6.04. The second-order valence-corrected chi connectivity index (χ2v) is 9.02. The quantitative estimate of drug-likeness (QED) is 0.744. The van der Waals surface area contributed by atoms with Gasteiger partial charge in [0, 0.05) is 45.1 Å². The van der Waals surface area contributed by atoms with Crippen molar-refractivity contribution in [3.63, 3.8) is 0 Å². The number of aryl methyl sites for hydroxylation is 3. The average molecular weight is 433 g/mol. The van der Waals surface area contributed by atoms with E-state index in [1.807, 2.05) is 4.90 Å². The zero-order valence-electron chi connectivity index (χ0n) is 19.5. The Morgan fingerprint density at radius 1 is 0.938 bits per heavy atom. The van der Waals surface area contributed by atoms with Crippen molar-refractivity contribution in [1.29, 1.82) is 0 Å². The summed E-state index contributed by atoms with van der Waals surface area (Å²) in [6.45, 7) is 10.9. The molecule has 0 bridgehead atoms. The Balaban J connectivity index is 1.56. The zero-order valence-corrected chi connectivity index (χ0v) is 19.5. The van der Waals surface area contributed by atoms with Crippen LogP contribution in [0, 0.1) is 20.8 Å². The van der Waals surface area contributed by atoms with Crippen molar-refractivity contribution in [2.24, 2.45) is 5.10 Å². The largest absolute Gasteiger partial charge is 0.340 e. The minimum Gasteiger partial charge on any atom is -0.340 e. The Morgan fingerprint density at radius 2 is 1.59 bits per heavy atom. The molecule has 1 atom stereocenters. The molecule has 6 heteroatoms. The lowest BCUT2D eigenvalue weighted by molar-refractivity contribution is -0.135. The maximum Gasteiger partial charge on any atom is 0.257 e. The summed E-state index contributed by atoms with van der Waals surface area (Å²) in [6.07, 6.45) is 0.705. The smallest absolute Gasteiger partial charge is 0.257 e. The first-order valence-electron chi connectivity index (χ1n) is 11.3. The van der Waals surface area contributed by atoms with Crippen LogP contribution in [-0.4, -0.2) is 65.1 Å². The first-order chi connectivity index (χ1) is 15.3. The predicted molar refractivity (Wildman–Crippen MR) is 127 cm³/mol. The van der Waals surface area contributed by atoms with Gasteiger partial charge in [-0.2, -0.15) is 5.10 Å². The standard InChI is InChI=1S/C26H32N4O2/c1-18-5-8-22(9-6-18)25-16-24(23-10-7-19(2)15-20(23)3)27-30(25)26(32)17-28-11-13-29(14-12-28)21(4)31/h5-10,15,25H,11-14,16-17H2,1-4H3. The molecule has 6 nitrogen and oxygen atoms in total. The molecule has 168 valence electrons. The molecule has 1 fully saturated rings. The number of nitrogens with zero attached hydrogens (tertiary/aromatic N) is 4. The van der Waals surface area contributed by atoms with E-state index < -0.39 is 0 Å². The molecule has 0 radical (unpaired) electrons. The number of hydrogen-bond acceptors (Lipinski definition) is 4. The molecule has 0 saturated carbocycles. The van der Waals surface area contributed by atoms with Crippen molar-refractivity contribution < 1.29 is 9.59 Å². The van der Waals surface area contributed by atoms with Crippen LogP contribution >= 0.6 is 0 Å². The molecule has 32 heavy (non-hydrogen) atoms. The molecule has 0 aliphatic carbocycles. The van der Waals surface area contributed by atoms with E-state index in [-0.39, 0.29) is 17.9 Å². The highest BCUT2D eigenvalue weighted by Gasteiger charge is 2.34. The summed E-state index contributed by atoms with van der Waals surface area (Å²) in [5, 5.41) is 6.54. The maximum atomic E-state index is 13.4. The Kier molecular flexibility index (Phi) is 6.42. The first-order valence-corrected chi connectivity index (χ1v) is 11.3. The van der Waals surface area contributed by atoms with Crippen LogP contribution < -0.4 is 0 Å². The van der Waals surface area contributed by atoms with Gasteiger partial charge in [-0.1, -0.05) is 53.6 Å². The lowest BCUT2D eigenvalue weighted by Gasteiger charge is -2.34. The number of benzene rings is 2. The van der Waals surface area contributed by atoms with Crippen LogP contribution in [0.4, 0.5) is 0 Å². The van der Waals surface area contributed by atoms with Gasteiger partial charge in [-0.15, -0.1) is 0 Å². The summed E-state index contributed by atoms with van der Waals surface area (Å²) in [4.78, 5) is 28.9. The molecular formula is C26H32N4O2. The van der Waals surface area contributed by atoms with Crippen molar-refractivity contribution in [1.82, 2.24) is 14.8 Å². The molecule has 2 aromatic rings. The molecule has 2 aromatic carbocycles. The third-order valence-corrected chi connectivity index (χ3v) is 6.50. The highest BCUT2D eigenvalue weighted by atomic mass is 16.2. The van der Waals surface area contributed by atoms with E-state index in [0.29, 0.717) is 39.1 Å². The van der Waals surface area contributed by atoms with Gasteiger partial charge in [0.1, 0.15) is 0 Å². The Bertz CT molecular complexity index is 1040. The first kappa shape index (κ1) is 22.2. The second-order valence-electron chi connectivity index (χ2n) is 9.02. The number of rotatable bonds is 4. The third-order valence-electron chi connectivity index (χ3n) is 6.50. The number of carbonyl (C=O) groups is 2. The molecular weight excluding hydrogens is 400 g/mol.